The molecule has 1 unspecified atom stereocenters. The van der Waals surface area contributed by atoms with Gasteiger partial charge in [0.15, 0.2) is 0 Å². The first-order chi connectivity index (χ1) is 6.69. The fourth-order valence-corrected chi connectivity index (χ4v) is 4.72. The summed E-state index contributed by atoms with van der Waals surface area (Å²) in [6.07, 6.45) is 1.97. The summed E-state index contributed by atoms with van der Waals surface area (Å²) < 4.78 is 31.0. The molecule has 0 saturated heterocycles. The monoisotopic (exact) mass is 249 g/mol. The fraction of sp³-hybridized carbons (Fsp3) is 0.900. The minimum atomic E-state index is -4.08. The van der Waals surface area contributed by atoms with E-state index >= 15 is 0 Å². The predicted octanol–water partition coefficient (Wildman–Crippen LogP) is 1.43. The fourth-order valence-electron chi connectivity index (χ4n) is 3.42. The smallest absolute Gasteiger partial charge is 0.265 e. The largest absolute Gasteiger partial charge is 0.344 e. The van der Waals surface area contributed by atoms with E-state index in [-0.39, 0.29) is 23.3 Å². The minimum absolute atomic E-state index is 0. The second-order valence-corrected chi connectivity index (χ2v) is 6.85. The van der Waals surface area contributed by atoms with Crippen LogP contribution < -0.4 is 6.15 Å². The number of carbonyl (C=O) groups excluding carboxylic acids is 1. The van der Waals surface area contributed by atoms with Crippen molar-refractivity contribution in [3.05, 3.63) is 0 Å². The van der Waals surface area contributed by atoms with Gasteiger partial charge in [-0.1, -0.05) is 13.8 Å². The minimum Gasteiger partial charge on any atom is -0.344 e. The molecule has 6 heteroatoms. The first kappa shape index (κ1) is 13.6. The lowest BCUT2D eigenvalue weighted by atomic mass is 9.70. The van der Waals surface area contributed by atoms with Crippen LogP contribution in [0.5, 0.6) is 0 Å². The van der Waals surface area contributed by atoms with Gasteiger partial charge in [0.2, 0.25) is 0 Å². The van der Waals surface area contributed by atoms with Crippen molar-refractivity contribution in [3.8, 4) is 0 Å². The Balaban J connectivity index is 0.00000128. The molecule has 0 amide bonds. The highest BCUT2D eigenvalue weighted by Gasteiger charge is 2.65. The molecule has 0 radical (unpaired) electrons. The number of hydrogen-bond donors (Lipinski definition) is 2. The van der Waals surface area contributed by atoms with Crippen molar-refractivity contribution in [1.82, 2.24) is 6.15 Å². The van der Waals surface area contributed by atoms with Gasteiger partial charge in [0.25, 0.3) is 10.1 Å². The van der Waals surface area contributed by atoms with Gasteiger partial charge in [0.05, 0.1) is 11.2 Å². The van der Waals surface area contributed by atoms with Gasteiger partial charge in [0.1, 0.15) is 5.78 Å². The molecule has 0 spiro atoms. The molecule has 0 aromatic carbocycles. The molecule has 16 heavy (non-hydrogen) atoms. The topological polar surface area (TPSA) is 106 Å². The molecule has 94 valence electrons. The van der Waals surface area contributed by atoms with Crippen molar-refractivity contribution in [2.45, 2.75) is 33.1 Å². The Morgan fingerprint density at radius 3 is 2.31 bits per heavy atom. The molecule has 5 nitrogen and oxygen atoms in total. The van der Waals surface area contributed by atoms with Gasteiger partial charge < -0.3 is 6.15 Å². The van der Waals surface area contributed by atoms with E-state index in [0.717, 1.165) is 6.42 Å². The second kappa shape index (κ2) is 3.51. The van der Waals surface area contributed by atoms with E-state index in [1.165, 1.54) is 0 Å². The van der Waals surface area contributed by atoms with Crippen molar-refractivity contribution in [2.75, 3.05) is 5.75 Å². The molecule has 2 fully saturated rings. The predicted molar refractivity (Wildman–Crippen MR) is 60.0 cm³/mol. The van der Waals surface area contributed by atoms with Crippen molar-refractivity contribution in [1.29, 1.82) is 0 Å². The standard InChI is InChI=1S/C10H16O4S.H3N/c1-9(2)7-3-4-10(9,8(11)5-7)6-15(12,13)14;/h7H,3-6H2,1-2H3,(H,12,13,14);1H3/t7-,10?;/m1./s1. The zero-order valence-electron chi connectivity index (χ0n) is 9.69. The quantitative estimate of drug-likeness (QED) is 0.720. The first-order valence-electron chi connectivity index (χ1n) is 5.17. The zero-order chi connectivity index (χ0) is 11.5. The van der Waals surface area contributed by atoms with E-state index in [4.69, 9.17) is 4.55 Å². The van der Waals surface area contributed by atoms with Crippen LogP contribution >= 0.6 is 0 Å². The first-order valence-corrected chi connectivity index (χ1v) is 6.78. The molecule has 4 N–H and O–H groups in total. The van der Waals surface area contributed by atoms with E-state index in [9.17, 15) is 13.2 Å². The van der Waals surface area contributed by atoms with Gasteiger partial charge in [-0.2, -0.15) is 8.42 Å². The molecule has 0 aromatic rings. The maximum absolute atomic E-state index is 11.9. The number of rotatable bonds is 2. The Kier molecular flexibility index (Phi) is 2.99. The number of ketones is 1. The van der Waals surface area contributed by atoms with Crippen LogP contribution in [0.4, 0.5) is 0 Å². The average molecular weight is 249 g/mol. The lowest BCUT2D eigenvalue weighted by Gasteiger charge is -2.35. The zero-order valence-corrected chi connectivity index (χ0v) is 10.5. The molecule has 0 aliphatic heterocycles. The SMILES string of the molecule is CC1(C)[C@@H]2CCC1(CS(=O)(=O)O)C(=O)C2.N. The van der Waals surface area contributed by atoms with Crippen LogP contribution in [0.3, 0.4) is 0 Å². The summed E-state index contributed by atoms with van der Waals surface area (Å²) in [5, 5.41) is 0. The summed E-state index contributed by atoms with van der Waals surface area (Å²) in [5.74, 6) is -0.101. The molecular formula is C10H19NO4S. The lowest BCUT2D eigenvalue weighted by Crippen LogP contribution is -2.42. The summed E-state index contributed by atoms with van der Waals surface area (Å²) in [4.78, 5) is 11.9. The Labute approximate surface area is 95.9 Å². The number of fused-ring (bicyclic) bond motifs is 2. The van der Waals surface area contributed by atoms with E-state index in [1.54, 1.807) is 0 Å². The van der Waals surface area contributed by atoms with Gasteiger partial charge in [-0.25, -0.2) is 0 Å². The van der Waals surface area contributed by atoms with Crippen LogP contribution in [-0.2, 0) is 14.9 Å². The van der Waals surface area contributed by atoms with Crippen molar-refractivity contribution in [2.24, 2.45) is 16.7 Å². The van der Waals surface area contributed by atoms with Crippen LogP contribution in [-0.4, -0.2) is 24.5 Å². The third-order valence-corrected chi connectivity index (χ3v) is 5.43. The van der Waals surface area contributed by atoms with Gasteiger partial charge in [-0.15, -0.1) is 0 Å². The molecule has 0 aromatic heterocycles. The maximum Gasteiger partial charge on any atom is 0.265 e. The van der Waals surface area contributed by atoms with Gasteiger partial charge in [-0.05, 0) is 24.2 Å². The molecule has 2 bridgehead atoms. The molecule has 0 heterocycles. The average Bonchev–Trinajstić information content (AvgIpc) is 2.34. The summed E-state index contributed by atoms with van der Waals surface area (Å²) in [6.45, 7) is 3.89. The Bertz CT molecular complexity index is 415. The van der Waals surface area contributed by atoms with Crippen molar-refractivity contribution in [3.63, 3.8) is 0 Å². The highest BCUT2D eigenvalue weighted by molar-refractivity contribution is 7.85. The van der Waals surface area contributed by atoms with E-state index in [2.05, 4.69) is 0 Å². The summed E-state index contributed by atoms with van der Waals surface area (Å²) >= 11 is 0. The maximum atomic E-state index is 11.9. The van der Waals surface area contributed by atoms with Crippen molar-refractivity contribution >= 4 is 15.9 Å². The third kappa shape index (κ3) is 1.59. The Morgan fingerprint density at radius 1 is 1.44 bits per heavy atom. The summed E-state index contributed by atoms with van der Waals surface area (Å²) in [5.41, 5.74) is -1.12. The molecular weight excluding hydrogens is 230 g/mol. The summed E-state index contributed by atoms with van der Waals surface area (Å²) in [7, 11) is -4.08. The van der Waals surface area contributed by atoms with E-state index in [0.29, 0.717) is 12.8 Å². The van der Waals surface area contributed by atoms with Crippen LogP contribution in [0, 0.1) is 16.7 Å². The van der Waals surface area contributed by atoms with Crippen LogP contribution in [0.2, 0.25) is 0 Å². The number of Topliss-reactive ketones (excluding diaryl/α,β-unsaturated/α-hetero) is 1. The Morgan fingerprint density at radius 2 is 2.00 bits per heavy atom. The number of hydrogen-bond acceptors (Lipinski definition) is 4. The van der Waals surface area contributed by atoms with Gasteiger partial charge in [-0.3, -0.25) is 9.35 Å². The number of carbonyl (C=O) groups is 1. The highest BCUT2D eigenvalue weighted by Crippen LogP contribution is 2.64. The van der Waals surface area contributed by atoms with Gasteiger partial charge in [0, 0.05) is 6.42 Å². The van der Waals surface area contributed by atoms with E-state index in [1.807, 2.05) is 13.8 Å². The van der Waals surface area contributed by atoms with Crippen molar-refractivity contribution < 1.29 is 17.8 Å². The Hall–Kier alpha value is -0.460. The molecule has 2 rings (SSSR count). The van der Waals surface area contributed by atoms with E-state index < -0.39 is 21.3 Å². The molecule has 2 atom stereocenters. The third-order valence-electron chi connectivity index (χ3n) is 4.57. The molecule has 2 saturated carbocycles. The normalized spacial score (nSPS) is 36.2. The van der Waals surface area contributed by atoms with Crippen LogP contribution in [0.15, 0.2) is 0 Å². The highest BCUT2D eigenvalue weighted by atomic mass is 32.2. The van der Waals surface area contributed by atoms with Gasteiger partial charge >= 0.3 is 0 Å². The second-order valence-electron chi connectivity index (χ2n) is 5.39. The molecule has 2 aliphatic rings. The lowest BCUT2D eigenvalue weighted by molar-refractivity contribution is -0.128. The molecule has 2 aliphatic carbocycles. The summed E-state index contributed by atoms with van der Waals surface area (Å²) in [6, 6.07) is 0. The van der Waals surface area contributed by atoms with Crippen LogP contribution in [0.1, 0.15) is 33.1 Å². The van der Waals surface area contributed by atoms with Crippen LogP contribution in [0.25, 0.3) is 0 Å².